The molecule has 1 radical (unpaired) electrons. The van der Waals surface area contributed by atoms with Gasteiger partial charge in [0.05, 0.1) is 0 Å². The summed E-state index contributed by atoms with van der Waals surface area (Å²) in [4.78, 5) is 5.46. The maximum absolute atomic E-state index is 2.76. The van der Waals surface area contributed by atoms with E-state index < -0.39 is 0 Å². The van der Waals surface area contributed by atoms with E-state index >= 15 is 0 Å². The van der Waals surface area contributed by atoms with Crippen LogP contribution in [0.3, 0.4) is 0 Å². The van der Waals surface area contributed by atoms with Gasteiger partial charge in [0.25, 0.3) is 0 Å². The molecular formula is C14H25N2. The van der Waals surface area contributed by atoms with Crippen molar-refractivity contribution in [2.24, 2.45) is 5.92 Å². The highest BCUT2D eigenvalue weighted by molar-refractivity contribution is 4.86. The van der Waals surface area contributed by atoms with Crippen molar-refractivity contribution in [2.75, 3.05) is 32.7 Å². The minimum atomic E-state index is 0.910. The van der Waals surface area contributed by atoms with E-state index in [4.69, 9.17) is 0 Å². The van der Waals surface area contributed by atoms with E-state index in [1.807, 2.05) is 0 Å². The number of piperazine rings is 1. The lowest BCUT2D eigenvalue weighted by molar-refractivity contribution is 0.0812. The molecule has 3 aliphatic rings. The van der Waals surface area contributed by atoms with Gasteiger partial charge in [-0.15, -0.1) is 0 Å². The first-order chi connectivity index (χ1) is 7.92. The molecular weight excluding hydrogens is 196 g/mol. The number of hydrogen-bond acceptors (Lipinski definition) is 2. The van der Waals surface area contributed by atoms with E-state index in [1.165, 1.54) is 71.2 Å². The zero-order valence-corrected chi connectivity index (χ0v) is 10.4. The van der Waals surface area contributed by atoms with E-state index in [0.29, 0.717) is 0 Å². The van der Waals surface area contributed by atoms with Gasteiger partial charge < -0.3 is 4.90 Å². The molecule has 2 heteroatoms. The Morgan fingerprint density at radius 3 is 2.19 bits per heavy atom. The molecule has 0 bridgehead atoms. The smallest absolute Gasteiger partial charge is 0.0113 e. The van der Waals surface area contributed by atoms with Gasteiger partial charge in [-0.25, -0.2) is 0 Å². The third kappa shape index (κ3) is 2.78. The molecule has 0 N–H and O–H groups in total. The van der Waals surface area contributed by atoms with Crippen LogP contribution >= 0.6 is 0 Å². The highest BCUT2D eigenvalue weighted by Crippen LogP contribution is 2.30. The van der Waals surface area contributed by atoms with Crippen LogP contribution in [0.4, 0.5) is 0 Å². The molecule has 16 heavy (non-hydrogen) atoms. The van der Waals surface area contributed by atoms with Crippen LogP contribution in [0.25, 0.3) is 0 Å². The van der Waals surface area contributed by atoms with Crippen molar-refractivity contribution < 1.29 is 0 Å². The van der Waals surface area contributed by atoms with Crippen molar-refractivity contribution in [1.82, 2.24) is 9.80 Å². The predicted molar refractivity (Wildman–Crippen MR) is 67.3 cm³/mol. The Bertz CT molecular complexity index is 211. The summed E-state index contributed by atoms with van der Waals surface area (Å²) >= 11 is 0. The summed E-state index contributed by atoms with van der Waals surface area (Å²) in [6, 6.07) is 0.910. The Balaban J connectivity index is 1.42. The minimum absolute atomic E-state index is 0.910. The monoisotopic (exact) mass is 221 g/mol. The van der Waals surface area contributed by atoms with Crippen molar-refractivity contribution in [3.8, 4) is 0 Å². The minimum Gasteiger partial charge on any atom is -0.301 e. The average Bonchev–Trinajstić information content (AvgIpc) is 3.15. The molecule has 0 aromatic rings. The van der Waals surface area contributed by atoms with E-state index in [9.17, 15) is 0 Å². The van der Waals surface area contributed by atoms with E-state index in [0.717, 1.165) is 12.0 Å². The topological polar surface area (TPSA) is 6.48 Å². The van der Waals surface area contributed by atoms with Gasteiger partial charge in [0.15, 0.2) is 0 Å². The van der Waals surface area contributed by atoms with Crippen LogP contribution in [0.15, 0.2) is 0 Å². The van der Waals surface area contributed by atoms with E-state index in [2.05, 4.69) is 16.2 Å². The second-order valence-corrected chi connectivity index (χ2v) is 5.88. The van der Waals surface area contributed by atoms with Crippen molar-refractivity contribution >= 4 is 0 Å². The molecule has 0 unspecified atom stereocenters. The highest BCUT2D eigenvalue weighted by Gasteiger charge is 2.28. The third-order valence-corrected chi connectivity index (χ3v) is 4.54. The number of hydrogen-bond donors (Lipinski definition) is 0. The molecule has 91 valence electrons. The standard InChI is InChI=1S/C14H25N2/c1-2-4-14(5-3-1)16-10-8-15(9-11-16)12-13-6-7-13/h1,13-14H,2-12H2. The van der Waals surface area contributed by atoms with Crippen molar-refractivity contribution in [1.29, 1.82) is 0 Å². The lowest BCUT2D eigenvalue weighted by atomic mass is 9.94. The molecule has 1 saturated heterocycles. The maximum atomic E-state index is 2.76. The Hall–Kier alpha value is -0.0800. The summed E-state index contributed by atoms with van der Waals surface area (Å²) < 4.78 is 0. The van der Waals surface area contributed by atoms with Crippen molar-refractivity contribution in [3.63, 3.8) is 0 Å². The van der Waals surface area contributed by atoms with Crippen LogP contribution in [0.5, 0.6) is 0 Å². The van der Waals surface area contributed by atoms with Gasteiger partial charge in [-0.2, -0.15) is 0 Å². The molecule has 1 heterocycles. The molecule has 0 aromatic heterocycles. The summed E-state index contributed by atoms with van der Waals surface area (Å²) in [5, 5.41) is 0. The summed E-state index contributed by atoms with van der Waals surface area (Å²) in [5.41, 5.74) is 0. The SMILES string of the molecule is [CH]1CCC(N2CCN(CC3CC3)CC2)CC1. The lowest BCUT2D eigenvalue weighted by Crippen LogP contribution is -2.51. The fourth-order valence-corrected chi connectivity index (χ4v) is 3.25. The van der Waals surface area contributed by atoms with E-state index in [-0.39, 0.29) is 0 Å². The molecule has 0 amide bonds. The molecule has 0 spiro atoms. The molecule has 2 aliphatic carbocycles. The molecule has 3 fully saturated rings. The molecule has 2 saturated carbocycles. The Morgan fingerprint density at radius 1 is 0.875 bits per heavy atom. The van der Waals surface area contributed by atoms with Crippen LogP contribution in [0, 0.1) is 12.3 Å². The number of rotatable bonds is 3. The summed E-state index contributed by atoms with van der Waals surface area (Å²) in [6.07, 6.45) is 11.0. The van der Waals surface area contributed by atoms with Crippen LogP contribution < -0.4 is 0 Å². The van der Waals surface area contributed by atoms with Crippen LogP contribution in [-0.4, -0.2) is 48.6 Å². The van der Waals surface area contributed by atoms with Crippen LogP contribution in [0.1, 0.15) is 38.5 Å². The first-order valence-corrected chi connectivity index (χ1v) is 7.20. The van der Waals surface area contributed by atoms with Gasteiger partial charge in [-0.1, -0.05) is 0 Å². The number of nitrogens with zero attached hydrogens (tertiary/aromatic N) is 2. The van der Waals surface area contributed by atoms with Crippen LogP contribution in [0.2, 0.25) is 0 Å². The quantitative estimate of drug-likeness (QED) is 0.720. The third-order valence-electron chi connectivity index (χ3n) is 4.54. The molecule has 0 atom stereocenters. The van der Waals surface area contributed by atoms with Crippen LogP contribution in [-0.2, 0) is 0 Å². The Morgan fingerprint density at radius 2 is 1.56 bits per heavy atom. The summed E-state index contributed by atoms with van der Waals surface area (Å²) in [7, 11) is 0. The highest BCUT2D eigenvalue weighted by atomic mass is 15.3. The van der Waals surface area contributed by atoms with Gasteiger partial charge in [0, 0.05) is 38.8 Å². The van der Waals surface area contributed by atoms with Crippen molar-refractivity contribution in [2.45, 2.75) is 44.6 Å². The first-order valence-electron chi connectivity index (χ1n) is 7.20. The zero-order valence-electron chi connectivity index (χ0n) is 10.4. The van der Waals surface area contributed by atoms with Gasteiger partial charge in [-0.05, 0) is 50.9 Å². The van der Waals surface area contributed by atoms with E-state index in [1.54, 1.807) is 0 Å². The van der Waals surface area contributed by atoms with Crippen molar-refractivity contribution in [3.05, 3.63) is 6.42 Å². The summed E-state index contributed by atoms with van der Waals surface area (Å²) in [5.74, 6) is 1.07. The van der Waals surface area contributed by atoms with Gasteiger partial charge in [-0.3, -0.25) is 4.90 Å². The molecule has 2 nitrogen and oxygen atoms in total. The fourth-order valence-electron chi connectivity index (χ4n) is 3.25. The fraction of sp³-hybridized carbons (Fsp3) is 0.929. The van der Waals surface area contributed by atoms with Gasteiger partial charge in [0.1, 0.15) is 0 Å². The normalized spacial score (nSPS) is 30.8. The van der Waals surface area contributed by atoms with Gasteiger partial charge in [0.2, 0.25) is 0 Å². The molecule has 1 aliphatic heterocycles. The van der Waals surface area contributed by atoms with Gasteiger partial charge >= 0.3 is 0 Å². The maximum Gasteiger partial charge on any atom is 0.0113 e. The zero-order chi connectivity index (χ0) is 10.8. The second-order valence-electron chi connectivity index (χ2n) is 5.88. The second kappa shape index (κ2) is 5.05. The first kappa shape index (κ1) is 11.0. The Kier molecular flexibility index (Phi) is 3.49. The molecule has 3 rings (SSSR count). The summed E-state index contributed by atoms with van der Waals surface area (Å²) in [6.45, 7) is 6.72. The largest absolute Gasteiger partial charge is 0.301 e. The lowest BCUT2D eigenvalue weighted by Gasteiger charge is -2.40. The average molecular weight is 221 g/mol. The Labute approximate surface area is 100.0 Å². The molecule has 0 aromatic carbocycles. The predicted octanol–water partition coefficient (Wildman–Crippen LogP) is 2.16.